The van der Waals surface area contributed by atoms with Crippen molar-refractivity contribution in [1.82, 2.24) is 24.8 Å². The molecule has 0 aliphatic carbocycles. The van der Waals surface area contributed by atoms with Crippen molar-refractivity contribution in [3.05, 3.63) is 51.9 Å². The fourth-order valence-electron chi connectivity index (χ4n) is 4.71. The molecule has 1 aliphatic rings. The molecule has 0 saturated carbocycles. The molecule has 1 saturated heterocycles. The summed E-state index contributed by atoms with van der Waals surface area (Å²) in [6.07, 6.45) is 3.09. The molecule has 0 radical (unpaired) electrons. The molecule has 1 fully saturated rings. The largest absolute Gasteiger partial charge is 0.480 e. The summed E-state index contributed by atoms with van der Waals surface area (Å²) in [5.41, 5.74) is 4.25. The number of aromatic nitrogens is 3. The Morgan fingerprint density at radius 2 is 2.15 bits per heavy atom. The first-order chi connectivity index (χ1) is 16.2. The number of carboxylic acid groups (broad SMARTS) is 1. The summed E-state index contributed by atoms with van der Waals surface area (Å²) < 4.78 is 3.81. The number of hydrogen-bond acceptors (Lipinski definition) is 6. The van der Waals surface area contributed by atoms with Crippen LogP contribution >= 0.6 is 0 Å². The van der Waals surface area contributed by atoms with Crippen LogP contribution in [0.4, 0.5) is 0 Å². The van der Waals surface area contributed by atoms with Gasteiger partial charge in [-0.05, 0) is 69.5 Å². The van der Waals surface area contributed by atoms with Crippen LogP contribution in [0, 0.1) is 12.8 Å². The van der Waals surface area contributed by atoms with Gasteiger partial charge in [-0.2, -0.15) is 0 Å². The van der Waals surface area contributed by atoms with Crippen LogP contribution in [-0.4, -0.2) is 55.5 Å². The van der Waals surface area contributed by atoms with Gasteiger partial charge < -0.3 is 24.7 Å². The molecular weight excluding hydrogens is 434 g/mol. The topological polar surface area (TPSA) is 121 Å². The molecule has 4 rings (SSSR count). The molecule has 1 aromatic carbocycles. The van der Waals surface area contributed by atoms with Crippen molar-refractivity contribution in [1.29, 1.82) is 0 Å². The van der Waals surface area contributed by atoms with Crippen LogP contribution in [0.5, 0.6) is 0 Å². The first-order valence-corrected chi connectivity index (χ1v) is 11.8. The Morgan fingerprint density at radius 1 is 1.35 bits per heavy atom. The minimum absolute atomic E-state index is 0.0256. The highest BCUT2D eigenvalue weighted by atomic mass is 16.4. The summed E-state index contributed by atoms with van der Waals surface area (Å²) in [6.45, 7) is 6.36. The molecule has 182 valence electrons. The predicted molar refractivity (Wildman–Crippen MR) is 131 cm³/mol. The Kier molecular flexibility index (Phi) is 7.16. The number of hydrogen-bond donors (Lipinski definition) is 4. The number of carboxylic acids is 1. The number of pyridine rings is 1. The smallest absolute Gasteiger partial charge is 0.323 e. The molecule has 0 amide bonds. The number of rotatable bonds is 8. The lowest BCUT2D eigenvalue weighted by Gasteiger charge is -2.24. The minimum atomic E-state index is -1.08. The second-order valence-corrected chi connectivity index (χ2v) is 9.35. The summed E-state index contributed by atoms with van der Waals surface area (Å²) in [5.74, 6) is 0.196. The molecule has 3 heterocycles. The monoisotopic (exact) mass is 467 g/mol. The third-order valence-electron chi connectivity index (χ3n) is 6.55. The van der Waals surface area contributed by atoms with Crippen LogP contribution in [0.1, 0.15) is 30.9 Å². The van der Waals surface area contributed by atoms with Crippen molar-refractivity contribution in [3.8, 4) is 11.4 Å². The first kappa shape index (κ1) is 24.1. The number of aryl methyl sites for hydroxylation is 2. The fraction of sp³-hybridized carbons (Fsp3) is 0.480. The van der Waals surface area contributed by atoms with Crippen molar-refractivity contribution in [3.63, 3.8) is 0 Å². The van der Waals surface area contributed by atoms with Crippen molar-refractivity contribution in [2.75, 3.05) is 13.1 Å². The van der Waals surface area contributed by atoms with Crippen LogP contribution in [0.25, 0.3) is 22.4 Å². The Labute approximate surface area is 198 Å². The molecule has 1 aliphatic heterocycles. The Hall–Kier alpha value is -3.01. The summed E-state index contributed by atoms with van der Waals surface area (Å²) in [4.78, 5) is 28.6. The first-order valence-electron chi connectivity index (χ1n) is 11.8. The summed E-state index contributed by atoms with van der Waals surface area (Å²) in [5, 5.41) is 25.5. The lowest BCUT2D eigenvalue weighted by Crippen LogP contribution is -2.44. The quantitative estimate of drug-likeness (QED) is 0.397. The SMILES string of the molecule is Cc1cc(-c2nc3ccc(CN[C@H](C(=O)O)[C@@H](C)O)cc3n2C[C@H]2CCCNC2)cn(C)c1=O. The number of benzene rings is 1. The molecule has 9 nitrogen and oxygen atoms in total. The standard InChI is InChI=1S/C25H33N5O4/c1-15-9-19(14-29(3)24(15)32)23-28-20-7-6-17(12-27-22(16(2)31)25(33)34)10-21(20)30(23)13-18-5-4-8-26-11-18/h6-7,9-10,14,16,18,22,26-27,31H,4-5,8,11-13H2,1-3H3,(H,33,34)/t16-,18+,22+/m1/s1. The van der Waals surface area contributed by atoms with Gasteiger partial charge in [-0.25, -0.2) is 4.98 Å². The van der Waals surface area contributed by atoms with Gasteiger partial charge >= 0.3 is 5.97 Å². The van der Waals surface area contributed by atoms with Crippen LogP contribution in [0.15, 0.2) is 35.3 Å². The van der Waals surface area contributed by atoms with Gasteiger partial charge in [0, 0.05) is 37.5 Å². The zero-order chi connectivity index (χ0) is 24.4. The van der Waals surface area contributed by atoms with Gasteiger partial charge in [0.25, 0.3) is 5.56 Å². The molecule has 9 heteroatoms. The number of imidazole rings is 1. The van der Waals surface area contributed by atoms with E-state index in [4.69, 9.17) is 4.98 Å². The zero-order valence-corrected chi connectivity index (χ0v) is 19.9. The fourth-order valence-corrected chi connectivity index (χ4v) is 4.71. The highest BCUT2D eigenvalue weighted by Crippen LogP contribution is 2.28. The lowest BCUT2D eigenvalue weighted by atomic mass is 9.99. The summed E-state index contributed by atoms with van der Waals surface area (Å²) in [6, 6.07) is 6.74. The lowest BCUT2D eigenvalue weighted by molar-refractivity contribution is -0.142. The van der Waals surface area contributed by atoms with E-state index in [1.807, 2.05) is 37.4 Å². The number of fused-ring (bicyclic) bond motifs is 1. The molecule has 3 atom stereocenters. The maximum atomic E-state index is 12.3. The normalized spacial score (nSPS) is 18.2. The Morgan fingerprint density at radius 3 is 2.79 bits per heavy atom. The van der Waals surface area contributed by atoms with Crippen molar-refractivity contribution < 1.29 is 15.0 Å². The maximum Gasteiger partial charge on any atom is 0.323 e. The third kappa shape index (κ3) is 5.06. The van der Waals surface area contributed by atoms with E-state index in [1.165, 1.54) is 6.92 Å². The van der Waals surface area contributed by atoms with Gasteiger partial charge in [0.15, 0.2) is 0 Å². The van der Waals surface area contributed by atoms with E-state index in [1.54, 1.807) is 11.6 Å². The molecule has 3 aromatic rings. The van der Waals surface area contributed by atoms with Gasteiger partial charge in [0.2, 0.25) is 0 Å². The third-order valence-corrected chi connectivity index (χ3v) is 6.55. The number of aliphatic carboxylic acids is 1. The summed E-state index contributed by atoms with van der Waals surface area (Å²) in [7, 11) is 1.75. The van der Waals surface area contributed by atoms with E-state index in [0.29, 0.717) is 18.0 Å². The average Bonchev–Trinajstić information content (AvgIpc) is 3.15. The van der Waals surface area contributed by atoms with E-state index in [0.717, 1.165) is 60.5 Å². The van der Waals surface area contributed by atoms with E-state index >= 15 is 0 Å². The number of aliphatic hydroxyl groups is 1. The molecule has 0 unspecified atom stereocenters. The van der Waals surface area contributed by atoms with Crippen molar-refractivity contribution >= 4 is 17.0 Å². The van der Waals surface area contributed by atoms with E-state index < -0.39 is 18.1 Å². The number of nitrogens with one attached hydrogen (secondary N) is 2. The van der Waals surface area contributed by atoms with Crippen molar-refractivity contribution in [2.24, 2.45) is 13.0 Å². The number of nitrogens with zero attached hydrogens (tertiary/aromatic N) is 3. The van der Waals surface area contributed by atoms with E-state index in [-0.39, 0.29) is 5.56 Å². The molecular formula is C25H33N5O4. The molecule has 0 spiro atoms. The maximum absolute atomic E-state index is 12.3. The number of piperidine rings is 1. The number of carbonyl (C=O) groups is 1. The van der Waals surface area contributed by atoms with E-state index in [2.05, 4.69) is 15.2 Å². The van der Waals surface area contributed by atoms with Gasteiger partial charge in [0.05, 0.1) is 17.1 Å². The van der Waals surface area contributed by atoms with Crippen LogP contribution in [0.3, 0.4) is 0 Å². The van der Waals surface area contributed by atoms with Crippen LogP contribution in [0.2, 0.25) is 0 Å². The Balaban J connectivity index is 1.75. The average molecular weight is 468 g/mol. The highest BCUT2D eigenvalue weighted by Gasteiger charge is 2.23. The molecule has 2 aromatic heterocycles. The van der Waals surface area contributed by atoms with Crippen LogP contribution in [-0.2, 0) is 24.9 Å². The van der Waals surface area contributed by atoms with Gasteiger partial charge in [-0.15, -0.1) is 0 Å². The Bertz CT molecular complexity index is 1210. The second kappa shape index (κ2) is 10.1. The minimum Gasteiger partial charge on any atom is -0.480 e. The zero-order valence-electron chi connectivity index (χ0n) is 19.9. The molecule has 34 heavy (non-hydrogen) atoms. The van der Waals surface area contributed by atoms with Crippen LogP contribution < -0.4 is 16.2 Å². The second-order valence-electron chi connectivity index (χ2n) is 9.35. The van der Waals surface area contributed by atoms with E-state index in [9.17, 15) is 19.8 Å². The van der Waals surface area contributed by atoms with Gasteiger partial charge in [0.1, 0.15) is 11.9 Å². The van der Waals surface area contributed by atoms with Gasteiger partial charge in [-0.1, -0.05) is 6.07 Å². The summed E-state index contributed by atoms with van der Waals surface area (Å²) >= 11 is 0. The highest BCUT2D eigenvalue weighted by molar-refractivity contribution is 5.81. The molecule has 4 N–H and O–H groups in total. The van der Waals surface area contributed by atoms with Gasteiger partial charge in [-0.3, -0.25) is 14.9 Å². The molecule has 0 bridgehead atoms. The number of aliphatic hydroxyl groups excluding tert-OH is 1. The predicted octanol–water partition coefficient (Wildman–Crippen LogP) is 1.63. The van der Waals surface area contributed by atoms with Crippen molar-refractivity contribution in [2.45, 2.75) is 51.9 Å².